The van der Waals surface area contributed by atoms with E-state index in [-0.39, 0.29) is 11.7 Å². The highest BCUT2D eigenvalue weighted by molar-refractivity contribution is 6.02. The molecular weight excluding hydrogens is 234 g/mol. The van der Waals surface area contributed by atoms with Gasteiger partial charge in [-0.1, -0.05) is 58.2 Å². The van der Waals surface area contributed by atoms with E-state index in [4.69, 9.17) is 0 Å². The minimum Gasteiger partial charge on any atom is -0.293 e. The molecule has 2 nitrogen and oxygen atoms in total. The highest BCUT2D eigenvalue weighted by Crippen LogP contribution is 2.22. The topological polar surface area (TPSA) is 30.0 Å². The Labute approximate surface area is 116 Å². The summed E-state index contributed by atoms with van der Waals surface area (Å²) in [5, 5.41) is 0. The molecule has 102 valence electrons. The lowest BCUT2D eigenvalue weighted by Crippen LogP contribution is -2.14. The second-order valence-corrected chi connectivity index (χ2v) is 3.64. The van der Waals surface area contributed by atoms with Gasteiger partial charge in [-0.3, -0.25) is 9.78 Å². The van der Waals surface area contributed by atoms with Gasteiger partial charge in [-0.2, -0.15) is 0 Å². The molecule has 19 heavy (non-hydrogen) atoms. The Balaban J connectivity index is 0.00000154. The molecule has 0 aliphatic heterocycles. The van der Waals surface area contributed by atoms with E-state index in [1.54, 1.807) is 24.4 Å². The quantitative estimate of drug-likeness (QED) is 0.556. The van der Waals surface area contributed by atoms with Crippen molar-refractivity contribution in [3.05, 3.63) is 67.0 Å². The molecule has 2 heteroatoms. The van der Waals surface area contributed by atoms with Crippen molar-refractivity contribution in [2.45, 2.75) is 33.1 Å². The average molecular weight is 257 g/mol. The molecule has 0 bridgehead atoms. The molecule has 0 N–H and O–H groups in total. The van der Waals surface area contributed by atoms with Crippen molar-refractivity contribution in [3.8, 4) is 0 Å². The predicted molar refractivity (Wildman–Crippen MR) is 82.1 cm³/mol. The van der Waals surface area contributed by atoms with Gasteiger partial charge in [0.2, 0.25) is 0 Å². The molecule has 0 radical (unpaired) electrons. The molecule has 0 aromatic carbocycles. The first kappa shape index (κ1) is 17.0. The number of aromatic nitrogens is 1. The summed E-state index contributed by atoms with van der Waals surface area (Å²) in [6, 6.07) is 5.61. The first-order valence-electron chi connectivity index (χ1n) is 6.64. The second kappa shape index (κ2) is 10.0. The number of pyridine rings is 1. The fourth-order valence-corrected chi connectivity index (χ4v) is 1.69. The highest BCUT2D eigenvalue weighted by Gasteiger charge is 2.21. The number of allylic oxidation sites excluding steroid dienone is 4. The van der Waals surface area contributed by atoms with Crippen LogP contribution < -0.4 is 0 Å². The third-order valence-electron chi connectivity index (χ3n) is 2.57. The van der Waals surface area contributed by atoms with Gasteiger partial charge in [0.1, 0.15) is 0 Å². The maximum Gasteiger partial charge on any atom is 0.171 e. The summed E-state index contributed by atoms with van der Waals surface area (Å²) in [7, 11) is 0. The van der Waals surface area contributed by atoms with Gasteiger partial charge in [0, 0.05) is 11.8 Å². The van der Waals surface area contributed by atoms with Crippen LogP contribution in [0.4, 0.5) is 0 Å². The van der Waals surface area contributed by atoms with Crippen molar-refractivity contribution >= 4 is 5.78 Å². The van der Waals surface area contributed by atoms with E-state index in [1.165, 1.54) is 0 Å². The number of rotatable bonds is 6. The van der Waals surface area contributed by atoms with Crippen molar-refractivity contribution in [3.63, 3.8) is 0 Å². The van der Waals surface area contributed by atoms with E-state index < -0.39 is 0 Å². The smallest absolute Gasteiger partial charge is 0.171 e. The van der Waals surface area contributed by atoms with Crippen LogP contribution in [-0.4, -0.2) is 10.8 Å². The van der Waals surface area contributed by atoms with Gasteiger partial charge in [-0.25, -0.2) is 0 Å². The third-order valence-corrected chi connectivity index (χ3v) is 2.57. The van der Waals surface area contributed by atoms with Crippen LogP contribution in [0.25, 0.3) is 0 Å². The molecule has 1 rings (SSSR count). The lowest BCUT2D eigenvalue weighted by atomic mass is 9.91. The zero-order valence-corrected chi connectivity index (χ0v) is 12.1. The number of Topliss-reactive ketones (excluding diaryl/α,β-unsaturated/α-hetero) is 1. The normalized spacial score (nSPS) is 11.8. The van der Waals surface area contributed by atoms with Crippen molar-refractivity contribution in [1.82, 2.24) is 4.98 Å². The Morgan fingerprint density at radius 2 is 2.05 bits per heavy atom. The van der Waals surface area contributed by atoms with E-state index in [1.807, 2.05) is 39.0 Å². The molecule has 1 aromatic heterocycles. The summed E-state index contributed by atoms with van der Waals surface area (Å²) in [6.07, 6.45) is 7.27. The molecule has 0 saturated heterocycles. The van der Waals surface area contributed by atoms with Gasteiger partial charge in [-0.05, 0) is 18.6 Å². The fraction of sp³-hybridized carbons (Fsp3) is 0.294. The van der Waals surface area contributed by atoms with E-state index >= 15 is 0 Å². The maximum atomic E-state index is 12.3. The van der Waals surface area contributed by atoms with Crippen molar-refractivity contribution in [2.24, 2.45) is 0 Å². The highest BCUT2D eigenvalue weighted by atomic mass is 16.1. The van der Waals surface area contributed by atoms with Gasteiger partial charge in [0.25, 0.3) is 0 Å². The standard InChI is InChI=1S/C15H17NO.C2H6/c1-4-9-12(5-2)15(17)13(6-3)14-10-7-8-11-16-14;1-2/h4-5,7-11,13H,1-2,6H2,3H3;1-2H3/b12-9+;. The Kier molecular flexibility index (Phi) is 8.98. The molecule has 0 spiro atoms. The molecule has 0 aliphatic rings. The summed E-state index contributed by atoms with van der Waals surface area (Å²) in [5.41, 5.74) is 1.38. The van der Waals surface area contributed by atoms with Crippen molar-refractivity contribution < 1.29 is 4.79 Å². The molecular formula is C17H23NO. The van der Waals surface area contributed by atoms with Gasteiger partial charge in [0.05, 0.1) is 11.6 Å². The largest absolute Gasteiger partial charge is 0.293 e. The monoisotopic (exact) mass is 257 g/mol. The van der Waals surface area contributed by atoms with Gasteiger partial charge >= 0.3 is 0 Å². The molecule has 0 saturated carbocycles. The lowest BCUT2D eigenvalue weighted by molar-refractivity contribution is -0.116. The second-order valence-electron chi connectivity index (χ2n) is 3.64. The number of hydrogen-bond donors (Lipinski definition) is 0. The SMILES string of the molecule is C=C/C=C(\C=C)C(=O)C(CC)c1ccccn1.CC. The molecule has 0 aliphatic carbocycles. The number of nitrogens with zero attached hydrogens (tertiary/aromatic N) is 1. The molecule has 1 atom stereocenters. The number of carbonyl (C=O) groups is 1. The zero-order valence-electron chi connectivity index (χ0n) is 12.1. The van der Waals surface area contributed by atoms with Crippen LogP contribution >= 0.6 is 0 Å². The summed E-state index contributed by atoms with van der Waals surface area (Å²) in [4.78, 5) is 16.5. The van der Waals surface area contributed by atoms with E-state index in [2.05, 4.69) is 18.1 Å². The number of hydrogen-bond acceptors (Lipinski definition) is 2. The first-order chi connectivity index (χ1) is 9.24. The summed E-state index contributed by atoms with van der Waals surface area (Å²) in [5.74, 6) is -0.165. The number of ketones is 1. The Morgan fingerprint density at radius 3 is 2.47 bits per heavy atom. The van der Waals surface area contributed by atoms with Crippen LogP contribution in [0.15, 0.2) is 61.4 Å². The van der Waals surface area contributed by atoms with Crippen LogP contribution in [-0.2, 0) is 4.79 Å². The van der Waals surface area contributed by atoms with Gasteiger partial charge < -0.3 is 0 Å². The predicted octanol–water partition coefficient (Wildman–Crippen LogP) is 4.47. The van der Waals surface area contributed by atoms with Crippen LogP contribution in [0.3, 0.4) is 0 Å². The summed E-state index contributed by atoms with van der Waals surface area (Å²) < 4.78 is 0. The van der Waals surface area contributed by atoms with E-state index in [0.29, 0.717) is 5.57 Å². The maximum absolute atomic E-state index is 12.3. The first-order valence-corrected chi connectivity index (χ1v) is 6.64. The summed E-state index contributed by atoms with van der Waals surface area (Å²) >= 11 is 0. The minimum absolute atomic E-state index is 0.0427. The molecule has 1 aromatic rings. The van der Waals surface area contributed by atoms with Crippen molar-refractivity contribution in [2.75, 3.05) is 0 Å². The zero-order chi connectivity index (χ0) is 14.7. The summed E-state index contributed by atoms with van der Waals surface area (Å²) in [6.45, 7) is 13.2. The van der Waals surface area contributed by atoms with Gasteiger partial charge in [-0.15, -0.1) is 0 Å². The fourth-order valence-electron chi connectivity index (χ4n) is 1.69. The average Bonchev–Trinajstić information content (AvgIpc) is 2.48. The Hall–Kier alpha value is -1.96. The van der Waals surface area contributed by atoms with E-state index in [0.717, 1.165) is 12.1 Å². The van der Waals surface area contributed by atoms with E-state index in [9.17, 15) is 4.79 Å². The van der Waals surface area contributed by atoms with Crippen LogP contribution in [0.2, 0.25) is 0 Å². The Bertz CT molecular complexity index is 432. The molecule has 1 heterocycles. The van der Waals surface area contributed by atoms with Gasteiger partial charge in [0.15, 0.2) is 5.78 Å². The third kappa shape index (κ3) is 5.04. The molecule has 0 amide bonds. The Morgan fingerprint density at radius 1 is 1.37 bits per heavy atom. The van der Waals surface area contributed by atoms with Crippen LogP contribution in [0.5, 0.6) is 0 Å². The molecule has 1 unspecified atom stereocenters. The van der Waals surface area contributed by atoms with Crippen LogP contribution in [0, 0.1) is 0 Å². The van der Waals surface area contributed by atoms with Crippen molar-refractivity contribution in [1.29, 1.82) is 0 Å². The lowest BCUT2D eigenvalue weighted by Gasteiger charge is -2.13. The number of carbonyl (C=O) groups excluding carboxylic acids is 1. The van der Waals surface area contributed by atoms with Crippen LogP contribution in [0.1, 0.15) is 38.8 Å². The minimum atomic E-state index is -0.208. The molecule has 0 fully saturated rings.